The van der Waals surface area contributed by atoms with Crippen molar-refractivity contribution >= 4 is 17.6 Å². The first-order valence-electron chi connectivity index (χ1n) is 2.04. The Kier molecular flexibility index (Phi) is 3.55. The Morgan fingerprint density at radius 1 is 1.78 bits per heavy atom. The van der Waals surface area contributed by atoms with Crippen LogP contribution in [0.1, 0.15) is 0 Å². The van der Waals surface area contributed by atoms with Gasteiger partial charge in [0.15, 0.2) is 5.03 Å². The Labute approximate surface area is 57.2 Å². The van der Waals surface area contributed by atoms with Crippen LogP contribution in [0.15, 0.2) is 24.1 Å². The molecule has 0 radical (unpaired) electrons. The van der Waals surface area contributed by atoms with E-state index in [1.807, 2.05) is 0 Å². The molecule has 0 saturated heterocycles. The van der Waals surface area contributed by atoms with E-state index >= 15 is 0 Å². The zero-order valence-electron chi connectivity index (χ0n) is 4.50. The number of carboxylic acids is 1. The van der Waals surface area contributed by atoms with E-state index in [2.05, 4.69) is 11.3 Å². The Bertz CT molecular complexity index is 150. The summed E-state index contributed by atoms with van der Waals surface area (Å²) in [7, 11) is 0. The minimum atomic E-state index is -1.22. The van der Waals surface area contributed by atoms with Crippen molar-refractivity contribution in [3.63, 3.8) is 0 Å². The van der Waals surface area contributed by atoms with Gasteiger partial charge in [-0.25, -0.2) is 4.79 Å². The van der Waals surface area contributed by atoms with Crippen LogP contribution >= 0.6 is 11.6 Å². The van der Waals surface area contributed by atoms with Crippen LogP contribution in [-0.2, 0) is 9.53 Å². The summed E-state index contributed by atoms with van der Waals surface area (Å²) in [4.78, 5) is 9.89. The van der Waals surface area contributed by atoms with Gasteiger partial charge in [-0.05, 0) is 0 Å². The van der Waals surface area contributed by atoms with Gasteiger partial charge in [0.2, 0.25) is 0 Å². The Morgan fingerprint density at radius 2 is 2.33 bits per heavy atom. The van der Waals surface area contributed by atoms with E-state index in [0.717, 1.165) is 12.5 Å². The van der Waals surface area contributed by atoms with Crippen LogP contribution in [0.2, 0.25) is 0 Å². The van der Waals surface area contributed by atoms with Crippen molar-refractivity contribution in [2.24, 2.45) is 0 Å². The molecule has 0 amide bonds. The molecule has 0 aromatic rings. The molecule has 0 rings (SSSR count). The lowest BCUT2D eigenvalue weighted by atomic mass is 10.6. The Balaban J connectivity index is 3.83. The van der Waals surface area contributed by atoms with E-state index in [4.69, 9.17) is 16.7 Å². The molecule has 0 atom stereocenters. The van der Waals surface area contributed by atoms with Gasteiger partial charge in [-0.3, -0.25) is 0 Å². The van der Waals surface area contributed by atoms with Crippen LogP contribution in [0.25, 0.3) is 0 Å². The molecule has 0 saturated carbocycles. The van der Waals surface area contributed by atoms with Crippen molar-refractivity contribution in [2.45, 2.75) is 0 Å². The van der Waals surface area contributed by atoms with Crippen LogP contribution in [0, 0.1) is 0 Å². The molecule has 0 aromatic heterocycles. The van der Waals surface area contributed by atoms with Crippen LogP contribution in [0.4, 0.5) is 0 Å². The highest BCUT2D eigenvalue weighted by molar-refractivity contribution is 6.40. The largest absolute Gasteiger partial charge is 0.477 e. The van der Waals surface area contributed by atoms with Crippen LogP contribution in [0.5, 0.6) is 0 Å². The van der Waals surface area contributed by atoms with E-state index in [1.54, 1.807) is 0 Å². The van der Waals surface area contributed by atoms with Crippen molar-refractivity contribution in [1.29, 1.82) is 0 Å². The maximum atomic E-state index is 9.89. The SMILES string of the molecule is C=COC=C(Cl)C(=O)O. The van der Waals surface area contributed by atoms with Gasteiger partial charge in [-0.1, -0.05) is 18.2 Å². The van der Waals surface area contributed by atoms with E-state index in [-0.39, 0.29) is 5.03 Å². The Morgan fingerprint density at radius 3 is 2.67 bits per heavy atom. The molecule has 0 bridgehead atoms. The first-order chi connectivity index (χ1) is 4.18. The summed E-state index contributed by atoms with van der Waals surface area (Å²) in [5, 5.41) is 7.71. The first kappa shape index (κ1) is 8.04. The number of ether oxygens (including phenoxy) is 1. The van der Waals surface area contributed by atoms with Crippen molar-refractivity contribution in [2.75, 3.05) is 0 Å². The molecule has 0 aliphatic carbocycles. The highest BCUT2D eigenvalue weighted by atomic mass is 35.5. The minimum absolute atomic E-state index is 0.380. The summed E-state index contributed by atoms with van der Waals surface area (Å²) in [5.74, 6) is -1.22. The van der Waals surface area contributed by atoms with E-state index < -0.39 is 5.97 Å². The highest BCUT2D eigenvalue weighted by Crippen LogP contribution is 1.99. The number of hydrogen-bond acceptors (Lipinski definition) is 2. The normalized spacial score (nSPS) is 10.6. The molecule has 0 spiro atoms. The summed E-state index contributed by atoms with van der Waals surface area (Å²) in [6.45, 7) is 3.17. The van der Waals surface area contributed by atoms with Gasteiger partial charge < -0.3 is 9.84 Å². The van der Waals surface area contributed by atoms with Gasteiger partial charge in [-0.2, -0.15) is 0 Å². The quantitative estimate of drug-likeness (QED) is 0.485. The van der Waals surface area contributed by atoms with Crippen molar-refractivity contribution in [1.82, 2.24) is 0 Å². The molecule has 0 aliphatic rings. The third-order valence-corrected chi connectivity index (χ3v) is 0.723. The number of carbonyl (C=O) groups is 1. The monoisotopic (exact) mass is 148 g/mol. The van der Waals surface area contributed by atoms with E-state index in [9.17, 15) is 4.79 Å². The first-order valence-corrected chi connectivity index (χ1v) is 2.41. The standard InChI is InChI=1S/C5H5ClO3/c1-2-9-3-4(6)5(7)8/h2-3H,1H2,(H,7,8). The third kappa shape index (κ3) is 3.61. The van der Waals surface area contributed by atoms with Crippen molar-refractivity contribution in [3.8, 4) is 0 Å². The lowest BCUT2D eigenvalue weighted by Crippen LogP contribution is -1.93. The fourth-order valence-electron chi connectivity index (χ4n) is 0.158. The molecule has 3 nitrogen and oxygen atoms in total. The lowest BCUT2D eigenvalue weighted by molar-refractivity contribution is -0.132. The number of carboxylic acid groups (broad SMARTS) is 1. The van der Waals surface area contributed by atoms with Crippen molar-refractivity contribution < 1.29 is 14.6 Å². The maximum absolute atomic E-state index is 9.89. The molecule has 0 aliphatic heterocycles. The molecule has 1 N–H and O–H groups in total. The smallest absolute Gasteiger partial charge is 0.350 e. The molecular formula is C5H5ClO3. The topological polar surface area (TPSA) is 46.5 Å². The number of halogens is 1. The van der Waals surface area contributed by atoms with Gasteiger partial charge >= 0.3 is 5.97 Å². The average Bonchev–Trinajstić information content (AvgIpc) is 1.82. The second-order valence-corrected chi connectivity index (χ2v) is 1.48. The van der Waals surface area contributed by atoms with E-state index in [1.165, 1.54) is 0 Å². The van der Waals surface area contributed by atoms with Gasteiger partial charge in [0.1, 0.15) is 6.26 Å². The summed E-state index contributed by atoms with van der Waals surface area (Å²) in [5.41, 5.74) is 0. The number of aliphatic carboxylic acids is 1. The maximum Gasteiger partial charge on any atom is 0.350 e. The van der Waals surface area contributed by atoms with Crippen LogP contribution < -0.4 is 0 Å². The minimum Gasteiger partial charge on any atom is -0.477 e. The lowest BCUT2D eigenvalue weighted by Gasteiger charge is -1.88. The van der Waals surface area contributed by atoms with Crippen LogP contribution in [-0.4, -0.2) is 11.1 Å². The van der Waals surface area contributed by atoms with Gasteiger partial charge in [0.05, 0.1) is 6.26 Å². The molecule has 0 aromatic carbocycles. The van der Waals surface area contributed by atoms with Crippen LogP contribution in [0.3, 0.4) is 0 Å². The zero-order valence-corrected chi connectivity index (χ0v) is 5.26. The molecular weight excluding hydrogens is 144 g/mol. The second-order valence-electron chi connectivity index (χ2n) is 1.07. The third-order valence-electron chi connectivity index (χ3n) is 0.472. The van der Waals surface area contributed by atoms with Gasteiger partial charge in [-0.15, -0.1) is 0 Å². The molecule has 0 fully saturated rings. The predicted octanol–water partition coefficient (Wildman–Crippen LogP) is 1.31. The number of hydrogen-bond donors (Lipinski definition) is 1. The molecule has 0 unspecified atom stereocenters. The molecule has 0 heterocycles. The van der Waals surface area contributed by atoms with Gasteiger partial charge in [0, 0.05) is 0 Å². The average molecular weight is 149 g/mol. The fraction of sp³-hybridized carbons (Fsp3) is 0. The Hall–Kier alpha value is -0.960. The fourth-order valence-corrected chi connectivity index (χ4v) is 0.210. The molecule has 9 heavy (non-hydrogen) atoms. The summed E-state index contributed by atoms with van der Waals surface area (Å²) in [6, 6.07) is 0. The summed E-state index contributed by atoms with van der Waals surface area (Å²) in [6.07, 6.45) is 1.96. The predicted molar refractivity (Wildman–Crippen MR) is 32.9 cm³/mol. The molecule has 50 valence electrons. The summed E-state index contributed by atoms with van der Waals surface area (Å²) < 4.78 is 4.35. The zero-order chi connectivity index (χ0) is 7.28. The second kappa shape index (κ2) is 3.97. The van der Waals surface area contributed by atoms with Crippen molar-refractivity contribution in [3.05, 3.63) is 24.1 Å². The number of rotatable bonds is 3. The highest BCUT2D eigenvalue weighted by Gasteiger charge is 2.00. The summed E-state index contributed by atoms with van der Waals surface area (Å²) >= 11 is 5.08. The molecule has 4 heteroatoms. The van der Waals surface area contributed by atoms with E-state index in [0.29, 0.717) is 0 Å². The van der Waals surface area contributed by atoms with Gasteiger partial charge in [0.25, 0.3) is 0 Å².